The van der Waals surface area contributed by atoms with E-state index < -0.39 is 0 Å². The van der Waals surface area contributed by atoms with Crippen LogP contribution in [0.15, 0.2) is 42.9 Å². The predicted molar refractivity (Wildman–Crippen MR) is 81.3 cm³/mol. The second-order valence-electron chi connectivity index (χ2n) is 5.30. The fourth-order valence-corrected chi connectivity index (χ4v) is 2.42. The molecule has 3 rings (SSSR count). The molecule has 0 spiro atoms. The molecule has 1 fully saturated rings. The summed E-state index contributed by atoms with van der Waals surface area (Å²) in [4.78, 5) is 21.8. The molecule has 0 radical (unpaired) electrons. The molecule has 1 saturated heterocycles. The minimum Gasteiger partial charge on any atom is -0.471 e. The Bertz CT molecular complexity index is 651. The van der Waals surface area contributed by atoms with Gasteiger partial charge < -0.3 is 15.0 Å². The van der Waals surface area contributed by atoms with Crippen molar-refractivity contribution in [3.63, 3.8) is 0 Å². The molecule has 0 aliphatic carbocycles. The number of nitrogens with zero attached hydrogens (tertiary/aromatic N) is 3. The molecule has 0 saturated carbocycles. The largest absolute Gasteiger partial charge is 0.471 e. The van der Waals surface area contributed by atoms with Crippen LogP contribution in [-0.2, 0) is 6.54 Å². The number of ether oxygens (including phenoxy) is 1. The van der Waals surface area contributed by atoms with Gasteiger partial charge in [0, 0.05) is 31.9 Å². The number of rotatable bonds is 4. The molecule has 7 heteroatoms. The van der Waals surface area contributed by atoms with Gasteiger partial charge in [-0.05, 0) is 17.7 Å². The molecule has 1 aliphatic rings. The van der Waals surface area contributed by atoms with Crippen molar-refractivity contribution < 1.29 is 13.9 Å². The van der Waals surface area contributed by atoms with Crippen LogP contribution in [0, 0.1) is 5.82 Å². The highest BCUT2D eigenvalue weighted by Crippen LogP contribution is 2.15. The first-order valence-corrected chi connectivity index (χ1v) is 7.40. The zero-order valence-corrected chi connectivity index (χ0v) is 12.5. The van der Waals surface area contributed by atoms with Crippen LogP contribution in [-0.4, -0.2) is 40.1 Å². The number of aromatic nitrogens is 2. The third kappa shape index (κ3) is 4.15. The molecule has 0 unspecified atom stereocenters. The number of amides is 2. The topological polar surface area (TPSA) is 67.4 Å². The lowest BCUT2D eigenvalue weighted by Gasteiger charge is -2.17. The average molecular weight is 316 g/mol. The highest BCUT2D eigenvalue weighted by atomic mass is 19.1. The number of urea groups is 1. The number of carbonyl (C=O) groups excluding carboxylic acids is 1. The van der Waals surface area contributed by atoms with Crippen LogP contribution in [0.5, 0.6) is 5.88 Å². The average Bonchev–Trinajstić information content (AvgIpc) is 3.03. The number of hydrogen-bond donors (Lipinski definition) is 1. The molecule has 1 aliphatic heterocycles. The fraction of sp³-hybridized carbons (Fsp3) is 0.312. The molecule has 6 nitrogen and oxygen atoms in total. The molecule has 2 amide bonds. The van der Waals surface area contributed by atoms with Crippen LogP contribution in [0.4, 0.5) is 9.18 Å². The van der Waals surface area contributed by atoms with Crippen LogP contribution in [0.2, 0.25) is 0 Å². The number of likely N-dealkylation sites (tertiary alicyclic amines) is 1. The molecular weight excluding hydrogens is 299 g/mol. The van der Waals surface area contributed by atoms with Crippen molar-refractivity contribution in [3.05, 3.63) is 54.2 Å². The van der Waals surface area contributed by atoms with Crippen molar-refractivity contribution >= 4 is 6.03 Å². The smallest absolute Gasteiger partial charge is 0.317 e. The van der Waals surface area contributed by atoms with Gasteiger partial charge in [0.1, 0.15) is 11.9 Å². The Balaban J connectivity index is 1.46. The molecule has 1 N–H and O–H groups in total. The van der Waals surface area contributed by atoms with Gasteiger partial charge in [0.25, 0.3) is 0 Å². The second-order valence-corrected chi connectivity index (χ2v) is 5.30. The van der Waals surface area contributed by atoms with Crippen molar-refractivity contribution in [2.24, 2.45) is 0 Å². The van der Waals surface area contributed by atoms with Crippen LogP contribution in [0.3, 0.4) is 0 Å². The summed E-state index contributed by atoms with van der Waals surface area (Å²) < 4.78 is 18.5. The van der Waals surface area contributed by atoms with Crippen molar-refractivity contribution in [1.29, 1.82) is 0 Å². The lowest BCUT2D eigenvalue weighted by Crippen LogP contribution is -2.39. The third-order valence-corrected chi connectivity index (χ3v) is 3.62. The van der Waals surface area contributed by atoms with Crippen LogP contribution in [0.1, 0.15) is 12.0 Å². The van der Waals surface area contributed by atoms with E-state index in [1.165, 1.54) is 12.1 Å². The highest BCUT2D eigenvalue weighted by Gasteiger charge is 2.27. The lowest BCUT2D eigenvalue weighted by atomic mass is 10.2. The Labute approximate surface area is 133 Å². The minimum absolute atomic E-state index is 0.0803. The lowest BCUT2D eigenvalue weighted by molar-refractivity contribution is 0.182. The standard InChI is InChI=1S/C16H17FN4O2/c17-13-3-1-12(2-4-13)9-20-16(22)21-8-5-14(11-21)23-15-10-18-6-7-19-15/h1-4,6-7,10,14H,5,8-9,11H2,(H,20,22)/t14-/m0/s1. The first kappa shape index (κ1) is 15.2. The van der Waals surface area contributed by atoms with Crippen molar-refractivity contribution in [3.8, 4) is 5.88 Å². The van der Waals surface area contributed by atoms with Gasteiger partial charge in [-0.2, -0.15) is 0 Å². The molecule has 1 aromatic carbocycles. The van der Waals surface area contributed by atoms with E-state index in [0.29, 0.717) is 25.5 Å². The molecule has 0 bridgehead atoms. The van der Waals surface area contributed by atoms with Gasteiger partial charge in [0.2, 0.25) is 5.88 Å². The molecule has 2 heterocycles. The maximum Gasteiger partial charge on any atom is 0.317 e. The van der Waals surface area contributed by atoms with Gasteiger partial charge in [-0.1, -0.05) is 12.1 Å². The zero-order valence-electron chi connectivity index (χ0n) is 12.5. The molecule has 1 aromatic heterocycles. The van der Waals surface area contributed by atoms with Crippen molar-refractivity contribution in [2.45, 2.75) is 19.1 Å². The summed E-state index contributed by atoms with van der Waals surface area (Å²) in [6.45, 7) is 1.50. The molecule has 1 atom stereocenters. The van der Waals surface area contributed by atoms with Gasteiger partial charge in [-0.15, -0.1) is 0 Å². The summed E-state index contributed by atoms with van der Waals surface area (Å²) in [5.74, 6) is 0.176. The Hall–Kier alpha value is -2.70. The Morgan fingerprint density at radius 1 is 1.35 bits per heavy atom. The predicted octanol–water partition coefficient (Wildman–Crippen LogP) is 1.98. The first-order valence-electron chi connectivity index (χ1n) is 7.40. The Morgan fingerprint density at radius 2 is 2.17 bits per heavy atom. The summed E-state index contributed by atoms with van der Waals surface area (Å²) in [6.07, 6.45) is 5.37. The summed E-state index contributed by atoms with van der Waals surface area (Å²) in [7, 11) is 0. The highest BCUT2D eigenvalue weighted by molar-refractivity contribution is 5.74. The van der Waals surface area contributed by atoms with Crippen LogP contribution >= 0.6 is 0 Å². The summed E-state index contributed by atoms with van der Waals surface area (Å²) in [5.41, 5.74) is 0.853. The SMILES string of the molecule is O=C(NCc1ccc(F)cc1)N1CC[C@H](Oc2cnccn2)C1. The Morgan fingerprint density at radius 3 is 2.91 bits per heavy atom. The Kier molecular flexibility index (Phi) is 4.65. The van der Waals surface area contributed by atoms with Gasteiger partial charge >= 0.3 is 6.03 Å². The van der Waals surface area contributed by atoms with E-state index in [-0.39, 0.29) is 18.0 Å². The second kappa shape index (κ2) is 7.04. The van der Waals surface area contributed by atoms with Gasteiger partial charge in [0.15, 0.2) is 0 Å². The van der Waals surface area contributed by atoms with E-state index in [2.05, 4.69) is 15.3 Å². The van der Waals surface area contributed by atoms with E-state index >= 15 is 0 Å². The molecular formula is C16H17FN4O2. The molecule has 2 aromatic rings. The van der Waals surface area contributed by atoms with Crippen LogP contribution < -0.4 is 10.1 Å². The maximum atomic E-state index is 12.8. The summed E-state index contributed by atoms with van der Waals surface area (Å²) in [6, 6.07) is 5.91. The van der Waals surface area contributed by atoms with Gasteiger partial charge in [0.05, 0.1) is 12.7 Å². The third-order valence-electron chi connectivity index (χ3n) is 3.62. The number of benzene rings is 1. The molecule has 23 heavy (non-hydrogen) atoms. The zero-order chi connectivity index (χ0) is 16.1. The van der Waals surface area contributed by atoms with Crippen LogP contribution in [0.25, 0.3) is 0 Å². The first-order chi connectivity index (χ1) is 11.2. The summed E-state index contributed by atoms with van der Waals surface area (Å²) >= 11 is 0. The number of hydrogen-bond acceptors (Lipinski definition) is 4. The monoisotopic (exact) mass is 316 g/mol. The van der Waals surface area contributed by atoms with E-state index in [1.54, 1.807) is 35.6 Å². The fourth-order valence-electron chi connectivity index (χ4n) is 2.42. The van der Waals surface area contributed by atoms with Gasteiger partial charge in [-0.25, -0.2) is 14.2 Å². The minimum atomic E-state index is -0.288. The van der Waals surface area contributed by atoms with Crippen molar-refractivity contribution in [1.82, 2.24) is 20.2 Å². The van der Waals surface area contributed by atoms with E-state index in [9.17, 15) is 9.18 Å². The summed E-state index contributed by atoms with van der Waals surface area (Å²) in [5, 5.41) is 2.83. The number of halogens is 1. The normalized spacial score (nSPS) is 17.1. The molecule has 120 valence electrons. The van der Waals surface area contributed by atoms with E-state index in [1.807, 2.05) is 0 Å². The van der Waals surface area contributed by atoms with E-state index in [0.717, 1.165) is 12.0 Å². The van der Waals surface area contributed by atoms with Crippen molar-refractivity contribution in [2.75, 3.05) is 13.1 Å². The van der Waals surface area contributed by atoms with E-state index in [4.69, 9.17) is 4.74 Å². The number of nitrogens with one attached hydrogen (secondary N) is 1. The van der Waals surface area contributed by atoms with Gasteiger partial charge in [-0.3, -0.25) is 4.98 Å². The quantitative estimate of drug-likeness (QED) is 0.936. The number of carbonyl (C=O) groups is 1. The maximum absolute atomic E-state index is 12.8.